The number of aromatic hydroxyl groups is 1. The molecule has 1 aromatic carbocycles. The first-order chi connectivity index (χ1) is 14.2. The normalized spacial score (nSPS) is 11.5. The molecule has 0 bridgehead atoms. The number of pyridine rings is 1. The summed E-state index contributed by atoms with van der Waals surface area (Å²) in [6.07, 6.45) is 3.96. The van der Waals surface area contributed by atoms with Crippen molar-refractivity contribution in [1.82, 2.24) is 14.1 Å². The fraction of sp³-hybridized carbons (Fsp3) is 0.211. The Kier molecular flexibility index (Phi) is 6.20. The maximum Gasteiger partial charge on any atom is 0.446 e. The van der Waals surface area contributed by atoms with E-state index in [1.807, 2.05) is 0 Å². The van der Waals surface area contributed by atoms with Gasteiger partial charge in [0, 0.05) is 17.3 Å². The Morgan fingerprint density at radius 2 is 1.93 bits per heavy atom. The zero-order valence-electron chi connectivity index (χ0n) is 15.6. The zero-order valence-corrected chi connectivity index (χ0v) is 16.4. The number of imidazole rings is 1. The Bertz CT molecular complexity index is 1110. The standard InChI is InChI=1S/C19H16F3N3O4S/c1-2-29-17(27)15-9-23-8-7-12(15)10-24-11-16(26)25(18(24)28)13-3-5-14(6-4-13)30-19(20,21)22/h3-9,11,26H,2,10H2,1H3. The number of nitrogens with zero attached hydrogens (tertiary/aromatic N) is 3. The van der Waals surface area contributed by atoms with Gasteiger partial charge >= 0.3 is 17.2 Å². The molecule has 0 aliphatic rings. The average molecular weight is 439 g/mol. The Morgan fingerprint density at radius 1 is 1.23 bits per heavy atom. The maximum absolute atomic E-state index is 12.8. The van der Waals surface area contributed by atoms with E-state index in [0.29, 0.717) is 5.56 Å². The van der Waals surface area contributed by atoms with Crippen molar-refractivity contribution in [3.8, 4) is 11.6 Å². The van der Waals surface area contributed by atoms with Crippen LogP contribution in [0.3, 0.4) is 0 Å². The molecule has 11 heteroatoms. The van der Waals surface area contributed by atoms with Crippen molar-refractivity contribution < 1.29 is 27.8 Å². The van der Waals surface area contributed by atoms with Crippen molar-refractivity contribution in [2.45, 2.75) is 23.9 Å². The maximum atomic E-state index is 12.8. The van der Waals surface area contributed by atoms with Crippen molar-refractivity contribution in [2.75, 3.05) is 6.61 Å². The molecule has 0 atom stereocenters. The number of carbonyl (C=O) groups is 1. The van der Waals surface area contributed by atoms with Crippen LogP contribution >= 0.6 is 11.8 Å². The van der Waals surface area contributed by atoms with Crippen LogP contribution in [0.2, 0.25) is 0 Å². The number of benzene rings is 1. The van der Waals surface area contributed by atoms with Crippen molar-refractivity contribution in [1.29, 1.82) is 0 Å². The second kappa shape index (κ2) is 8.66. The summed E-state index contributed by atoms with van der Waals surface area (Å²) in [5, 5.41) is 10.2. The van der Waals surface area contributed by atoms with Gasteiger partial charge in [0.05, 0.1) is 30.6 Å². The summed E-state index contributed by atoms with van der Waals surface area (Å²) in [7, 11) is 0. The third kappa shape index (κ3) is 4.85. The van der Waals surface area contributed by atoms with Crippen molar-refractivity contribution in [2.24, 2.45) is 0 Å². The number of thioether (sulfide) groups is 1. The minimum Gasteiger partial charge on any atom is -0.493 e. The second-order valence-electron chi connectivity index (χ2n) is 6.03. The predicted molar refractivity (Wildman–Crippen MR) is 103 cm³/mol. The van der Waals surface area contributed by atoms with Crippen LogP contribution in [0.5, 0.6) is 5.88 Å². The van der Waals surface area contributed by atoms with Gasteiger partial charge in [-0.05, 0) is 54.6 Å². The molecule has 0 aliphatic carbocycles. The molecular formula is C19H16F3N3O4S. The monoisotopic (exact) mass is 439 g/mol. The Balaban J connectivity index is 1.91. The number of ether oxygens (including phenoxy) is 1. The molecule has 2 aromatic heterocycles. The highest BCUT2D eigenvalue weighted by atomic mass is 32.2. The van der Waals surface area contributed by atoms with Gasteiger partial charge in [0.25, 0.3) is 0 Å². The van der Waals surface area contributed by atoms with Gasteiger partial charge in [0.2, 0.25) is 5.88 Å². The molecule has 1 N–H and O–H groups in total. The first kappa shape index (κ1) is 21.5. The summed E-state index contributed by atoms with van der Waals surface area (Å²) in [4.78, 5) is 28.7. The number of aromatic nitrogens is 3. The lowest BCUT2D eigenvalue weighted by molar-refractivity contribution is -0.0328. The minimum atomic E-state index is -4.43. The van der Waals surface area contributed by atoms with Gasteiger partial charge in [0.1, 0.15) is 0 Å². The summed E-state index contributed by atoms with van der Waals surface area (Å²) < 4.78 is 44.5. The first-order valence-corrected chi connectivity index (χ1v) is 9.48. The number of hydrogen-bond donors (Lipinski definition) is 1. The molecule has 0 aliphatic heterocycles. The van der Waals surface area contributed by atoms with Gasteiger partial charge < -0.3 is 9.84 Å². The van der Waals surface area contributed by atoms with E-state index in [1.54, 1.807) is 13.0 Å². The van der Waals surface area contributed by atoms with Gasteiger partial charge in [0.15, 0.2) is 0 Å². The van der Waals surface area contributed by atoms with Crippen LogP contribution in [0.4, 0.5) is 13.2 Å². The molecule has 0 radical (unpaired) electrons. The summed E-state index contributed by atoms with van der Waals surface area (Å²) in [6, 6.07) is 6.57. The van der Waals surface area contributed by atoms with Crippen molar-refractivity contribution in [3.05, 3.63) is 70.5 Å². The molecule has 2 heterocycles. The second-order valence-corrected chi connectivity index (χ2v) is 7.17. The number of halogens is 3. The molecule has 0 saturated carbocycles. The zero-order chi connectivity index (χ0) is 21.9. The summed E-state index contributed by atoms with van der Waals surface area (Å²) in [5.74, 6) is -0.988. The van der Waals surface area contributed by atoms with Crippen LogP contribution in [0.15, 0.2) is 58.6 Å². The number of alkyl halides is 3. The summed E-state index contributed by atoms with van der Waals surface area (Å²) in [6.45, 7) is 1.79. The average Bonchev–Trinajstić information content (AvgIpc) is 2.95. The predicted octanol–water partition coefficient (Wildman–Crippen LogP) is 3.58. The van der Waals surface area contributed by atoms with E-state index in [2.05, 4.69) is 4.98 Å². The van der Waals surface area contributed by atoms with Crippen molar-refractivity contribution >= 4 is 17.7 Å². The quantitative estimate of drug-likeness (QED) is 0.467. The molecule has 3 rings (SSSR count). The Labute approximate surface area is 172 Å². The summed E-state index contributed by atoms with van der Waals surface area (Å²) >= 11 is -0.277. The van der Waals surface area contributed by atoms with Gasteiger partial charge in [-0.25, -0.2) is 14.2 Å². The smallest absolute Gasteiger partial charge is 0.446 e. The fourth-order valence-corrected chi connectivity index (χ4v) is 3.31. The van der Waals surface area contributed by atoms with E-state index < -0.39 is 23.0 Å². The van der Waals surface area contributed by atoms with E-state index >= 15 is 0 Å². The first-order valence-electron chi connectivity index (χ1n) is 8.67. The lowest BCUT2D eigenvalue weighted by Gasteiger charge is -2.08. The number of rotatable bonds is 6. The fourth-order valence-electron chi connectivity index (χ4n) is 2.77. The Morgan fingerprint density at radius 3 is 2.57 bits per heavy atom. The van der Waals surface area contributed by atoms with Gasteiger partial charge in [-0.15, -0.1) is 0 Å². The third-order valence-electron chi connectivity index (χ3n) is 4.01. The van der Waals surface area contributed by atoms with Crippen LogP contribution in [0.1, 0.15) is 22.8 Å². The third-order valence-corrected chi connectivity index (χ3v) is 4.75. The van der Waals surface area contributed by atoms with Crippen LogP contribution < -0.4 is 5.69 Å². The summed E-state index contributed by atoms with van der Waals surface area (Å²) in [5.41, 5.74) is -4.21. The lowest BCUT2D eigenvalue weighted by atomic mass is 10.1. The largest absolute Gasteiger partial charge is 0.493 e. The molecule has 7 nitrogen and oxygen atoms in total. The number of hydrogen-bond acceptors (Lipinski definition) is 6. The highest BCUT2D eigenvalue weighted by molar-refractivity contribution is 8.00. The lowest BCUT2D eigenvalue weighted by Crippen LogP contribution is -2.24. The van der Waals surface area contributed by atoms with Gasteiger partial charge in [-0.3, -0.25) is 9.55 Å². The molecule has 0 amide bonds. The molecule has 3 aromatic rings. The molecular weight excluding hydrogens is 423 g/mol. The number of esters is 1. The molecule has 0 spiro atoms. The van der Waals surface area contributed by atoms with E-state index in [1.165, 1.54) is 47.4 Å². The Hall–Kier alpha value is -3.21. The molecule has 30 heavy (non-hydrogen) atoms. The number of carbonyl (C=O) groups excluding carboxylic acids is 1. The molecule has 0 fully saturated rings. The van der Waals surface area contributed by atoms with E-state index in [4.69, 9.17) is 4.74 Å². The van der Waals surface area contributed by atoms with Gasteiger partial charge in [-0.2, -0.15) is 13.2 Å². The van der Waals surface area contributed by atoms with E-state index in [0.717, 1.165) is 4.57 Å². The topological polar surface area (TPSA) is 86.3 Å². The van der Waals surface area contributed by atoms with Gasteiger partial charge in [-0.1, -0.05) is 0 Å². The minimum absolute atomic E-state index is 0.0436. The molecule has 0 saturated heterocycles. The van der Waals surface area contributed by atoms with Crippen LogP contribution in [0.25, 0.3) is 5.69 Å². The van der Waals surface area contributed by atoms with Crippen LogP contribution in [-0.4, -0.2) is 37.3 Å². The highest BCUT2D eigenvalue weighted by Gasteiger charge is 2.29. The SMILES string of the molecule is CCOC(=O)c1cnccc1Cn1cc(O)n(-c2ccc(SC(F)(F)F)cc2)c1=O. The van der Waals surface area contributed by atoms with E-state index in [9.17, 15) is 27.9 Å². The molecule has 0 unspecified atom stereocenters. The van der Waals surface area contributed by atoms with Crippen molar-refractivity contribution in [3.63, 3.8) is 0 Å². The van der Waals surface area contributed by atoms with Crippen LogP contribution in [0, 0.1) is 0 Å². The molecule has 158 valence electrons. The van der Waals surface area contributed by atoms with E-state index in [-0.39, 0.29) is 41.1 Å². The van der Waals surface area contributed by atoms with Crippen LogP contribution in [-0.2, 0) is 11.3 Å². The highest BCUT2D eigenvalue weighted by Crippen LogP contribution is 2.37.